The normalized spacial score (nSPS) is 12.1. The zero-order valence-corrected chi connectivity index (χ0v) is 39.7. The van der Waals surface area contributed by atoms with E-state index in [1.165, 1.54) is 173 Å². The molecule has 0 amide bonds. The number of hydrogen-bond acceptors (Lipinski definition) is 6. The summed E-state index contributed by atoms with van der Waals surface area (Å²) in [7, 11) is 0. The van der Waals surface area contributed by atoms with Crippen molar-refractivity contribution in [2.24, 2.45) is 11.8 Å². The highest BCUT2D eigenvalue weighted by Gasteiger charge is 2.19. The summed E-state index contributed by atoms with van der Waals surface area (Å²) in [6.07, 6.45) is 45.1. The highest BCUT2D eigenvalue weighted by Crippen LogP contribution is 2.17. The predicted molar refractivity (Wildman–Crippen MR) is 247 cm³/mol. The standard InChI is InChI=1S/C52H100O6/c1-6-7-8-9-10-11-15-22-27-32-37-42-50(53)56-45-49(58-52(55)44-39-34-29-24-19-18-21-26-31-36-41-48(4)5)46-57-51(54)43-38-33-28-23-17-14-12-13-16-20-25-30-35-40-47(2)3/h47-49H,6-46H2,1-5H3/t49-/m0/s1. The summed E-state index contributed by atoms with van der Waals surface area (Å²) in [6.45, 7) is 11.4. The number of esters is 3. The van der Waals surface area contributed by atoms with Gasteiger partial charge in [-0.15, -0.1) is 0 Å². The quantitative estimate of drug-likeness (QED) is 0.0346. The summed E-state index contributed by atoms with van der Waals surface area (Å²) < 4.78 is 16.8. The summed E-state index contributed by atoms with van der Waals surface area (Å²) in [4.78, 5) is 37.9. The van der Waals surface area contributed by atoms with E-state index in [0.29, 0.717) is 19.3 Å². The van der Waals surface area contributed by atoms with E-state index < -0.39 is 6.10 Å². The van der Waals surface area contributed by atoms with E-state index in [9.17, 15) is 14.4 Å². The molecular formula is C52H100O6. The van der Waals surface area contributed by atoms with Crippen molar-refractivity contribution in [3.63, 3.8) is 0 Å². The van der Waals surface area contributed by atoms with E-state index in [4.69, 9.17) is 14.2 Å². The van der Waals surface area contributed by atoms with E-state index in [1.807, 2.05) is 0 Å². The number of ether oxygens (including phenoxy) is 3. The molecule has 0 rings (SSSR count). The van der Waals surface area contributed by atoms with E-state index in [2.05, 4.69) is 34.6 Å². The highest BCUT2D eigenvalue weighted by molar-refractivity contribution is 5.71. The minimum atomic E-state index is -0.761. The van der Waals surface area contributed by atoms with Crippen molar-refractivity contribution >= 4 is 17.9 Å². The molecule has 0 saturated carbocycles. The van der Waals surface area contributed by atoms with Gasteiger partial charge in [-0.25, -0.2) is 0 Å². The molecule has 0 aliphatic rings. The summed E-state index contributed by atoms with van der Waals surface area (Å²) in [5.41, 5.74) is 0. The Morgan fingerprint density at radius 1 is 0.328 bits per heavy atom. The maximum Gasteiger partial charge on any atom is 0.306 e. The van der Waals surface area contributed by atoms with Crippen LogP contribution in [0.15, 0.2) is 0 Å². The van der Waals surface area contributed by atoms with Crippen LogP contribution in [0.3, 0.4) is 0 Å². The first kappa shape index (κ1) is 56.4. The van der Waals surface area contributed by atoms with Gasteiger partial charge >= 0.3 is 17.9 Å². The molecule has 0 aliphatic carbocycles. The molecule has 0 bridgehead atoms. The summed E-state index contributed by atoms with van der Waals surface area (Å²) in [5, 5.41) is 0. The first-order valence-corrected chi connectivity index (χ1v) is 25.7. The molecule has 1 atom stereocenters. The van der Waals surface area contributed by atoms with E-state index in [1.54, 1.807) is 0 Å². The third-order valence-electron chi connectivity index (χ3n) is 11.7. The van der Waals surface area contributed by atoms with Crippen LogP contribution >= 0.6 is 0 Å². The van der Waals surface area contributed by atoms with Crippen LogP contribution < -0.4 is 0 Å². The second kappa shape index (κ2) is 44.9. The first-order valence-electron chi connectivity index (χ1n) is 25.7. The Hall–Kier alpha value is -1.59. The lowest BCUT2D eigenvalue weighted by Gasteiger charge is -2.18. The van der Waals surface area contributed by atoms with Crippen LogP contribution in [0.1, 0.15) is 285 Å². The third kappa shape index (κ3) is 45.5. The van der Waals surface area contributed by atoms with Gasteiger partial charge in [0, 0.05) is 19.3 Å². The van der Waals surface area contributed by atoms with Gasteiger partial charge in [0.1, 0.15) is 13.2 Å². The van der Waals surface area contributed by atoms with Gasteiger partial charge in [0.25, 0.3) is 0 Å². The lowest BCUT2D eigenvalue weighted by molar-refractivity contribution is -0.167. The third-order valence-corrected chi connectivity index (χ3v) is 11.7. The van der Waals surface area contributed by atoms with Crippen molar-refractivity contribution in [2.75, 3.05) is 13.2 Å². The van der Waals surface area contributed by atoms with E-state index in [0.717, 1.165) is 69.6 Å². The molecule has 6 heteroatoms. The molecule has 0 aromatic rings. The van der Waals surface area contributed by atoms with Crippen molar-refractivity contribution in [1.82, 2.24) is 0 Å². The first-order chi connectivity index (χ1) is 28.2. The predicted octanol–water partition coefficient (Wildman–Crippen LogP) is 16.5. The van der Waals surface area contributed by atoms with E-state index in [-0.39, 0.29) is 31.1 Å². The Bertz CT molecular complexity index is 885. The van der Waals surface area contributed by atoms with E-state index >= 15 is 0 Å². The number of unbranched alkanes of at least 4 members (excludes halogenated alkanes) is 31. The largest absolute Gasteiger partial charge is 0.462 e. The maximum absolute atomic E-state index is 12.8. The van der Waals surface area contributed by atoms with Crippen LogP contribution in [0, 0.1) is 11.8 Å². The molecule has 0 saturated heterocycles. The van der Waals surface area contributed by atoms with Crippen LogP contribution in [0.2, 0.25) is 0 Å². The van der Waals surface area contributed by atoms with Crippen LogP contribution in [-0.4, -0.2) is 37.2 Å². The molecule has 344 valence electrons. The van der Waals surface area contributed by atoms with Gasteiger partial charge in [0.2, 0.25) is 0 Å². The zero-order valence-electron chi connectivity index (χ0n) is 39.7. The fourth-order valence-corrected chi connectivity index (χ4v) is 7.81. The summed E-state index contributed by atoms with van der Waals surface area (Å²) >= 11 is 0. The van der Waals surface area contributed by atoms with Crippen LogP contribution in [0.4, 0.5) is 0 Å². The Labute approximate surface area is 361 Å². The fraction of sp³-hybridized carbons (Fsp3) is 0.942. The van der Waals surface area contributed by atoms with Gasteiger partial charge in [-0.05, 0) is 31.1 Å². The van der Waals surface area contributed by atoms with Crippen molar-refractivity contribution in [3.05, 3.63) is 0 Å². The maximum atomic E-state index is 12.8. The zero-order chi connectivity index (χ0) is 42.6. The number of carbonyl (C=O) groups excluding carboxylic acids is 3. The Morgan fingerprint density at radius 2 is 0.569 bits per heavy atom. The van der Waals surface area contributed by atoms with Crippen LogP contribution in [-0.2, 0) is 28.6 Å². The number of hydrogen-bond donors (Lipinski definition) is 0. The molecule has 0 fully saturated rings. The van der Waals surface area contributed by atoms with Crippen molar-refractivity contribution < 1.29 is 28.6 Å². The average Bonchev–Trinajstić information content (AvgIpc) is 3.19. The minimum absolute atomic E-state index is 0.0638. The molecule has 0 aromatic heterocycles. The van der Waals surface area contributed by atoms with Gasteiger partial charge in [-0.2, -0.15) is 0 Å². The van der Waals surface area contributed by atoms with Crippen LogP contribution in [0.25, 0.3) is 0 Å². The number of carbonyl (C=O) groups is 3. The molecule has 0 unspecified atom stereocenters. The SMILES string of the molecule is CCCCCCCCCCCCCC(=O)OC[C@@H](COC(=O)CCCCCCCCCCCCCCCC(C)C)OC(=O)CCCCCCCCCCCCC(C)C. The fourth-order valence-electron chi connectivity index (χ4n) is 7.81. The summed E-state index contributed by atoms with van der Waals surface area (Å²) in [5.74, 6) is 0.807. The summed E-state index contributed by atoms with van der Waals surface area (Å²) in [6, 6.07) is 0. The van der Waals surface area contributed by atoms with Gasteiger partial charge in [0.15, 0.2) is 6.10 Å². The molecule has 0 radical (unpaired) electrons. The van der Waals surface area contributed by atoms with Gasteiger partial charge < -0.3 is 14.2 Å². The number of rotatable bonds is 46. The lowest BCUT2D eigenvalue weighted by Crippen LogP contribution is -2.30. The van der Waals surface area contributed by atoms with Crippen molar-refractivity contribution in [3.8, 4) is 0 Å². The Kier molecular flexibility index (Phi) is 43.7. The van der Waals surface area contributed by atoms with Gasteiger partial charge in [-0.1, -0.05) is 247 Å². The monoisotopic (exact) mass is 821 g/mol. The molecular weight excluding hydrogens is 721 g/mol. The van der Waals surface area contributed by atoms with Crippen molar-refractivity contribution in [2.45, 2.75) is 291 Å². The molecule has 6 nitrogen and oxygen atoms in total. The topological polar surface area (TPSA) is 78.9 Å². The van der Waals surface area contributed by atoms with Crippen molar-refractivity contribution in [1.29, 1.82) is 0 Å². The minimum Gasteiger partial charge on any atom is -0.462 e. The molecule has 0 heterocycles. The van der Waals surface area contributed by atoms with Crippen LogP contribution in [0.5, 0.6) is 0 Å². The Balaban J connectivity index is 4.30. The average molecular weight is 821 g/mol. The molecule has 0 aliphatic heterocycles. The lowest BCUT2D eigenvalue weighted by atomic mass is 10.0. The Morgan fingerprint density at radius 3 is 0.845 bits per heavy atom. The molecule has 0 N–H and O–H groups in total. The van der Waals surface area contributed by atoms with Gasteiger partial charge in [0.05, 0.1) is 0 Å². The molecule has 58 heavy (non-hydrogen) atoms. The van der Waals surface area contributed by atoms with Gasteiger partial charge in [-0.3, -0.25) is 14.4 Å². The molecule has 0 aromatic carbocycles. The second-order valence-electron chi connectivity index (χ2n) is 18.8. The highest BCUT2D eigenvalue weighted by atomic mass is 16.6. The molecule has 0 spiro atoms. The second-order valence-corrected chi connectivity index (χ2v) is 18.8. The smallest absolute Gasteiger partial charge is 0.306 e.